The molecule has 1 N–H and O–H groups in total. The molecule has 1 amide bonds. The summed E-state index contributed by atoms with van der Waals surface area (Å²) >= 11 is 0. The zero-order valence-corrected chi connectivity index (χ0v) is 15.7. The van der Waals surface area contributed by atoms with E-state index in [4.69, 9.17) is 4.74 Å². The largest absolute Gasteiger partial charge is 0.496 e. The van der Waals surface area contributed by atoms with E-state index < -0.39 is 9.84 Å². The maximum Gasteiger partial charge on any atom is 0.220 e. The first kappa shape index (κ1) is 18.8. The van der Waals surface area contributed by atoms with Gasteiger partial charge in [-0.15, -0.1) is 0 Å². The Morgan fingerprint density at radius 3 is 2.58 bits per heavy atom. The van der Waals surface area contributed by atoms with Crippen molar-refractivity contribution in [2.24, 2.45) is 5.92 Å². The summed E-state index contributed by atoms with van der Waals surface area (Å²) in [5, 5.41) is 2.88. The van der Waals surface area contributed by atoms with Gasteiger partial charge in [0.05, 0.1) is 18.6 Å². The molecule has 0 bridgehead atoms. The molecule has 0 saturated carbocycles. The molecule has 0 spiro atoms. The number of hydrogen-bond donors (Lipinski definition) is 1. The molecule has 2 unspecified atom stereocenters. The maximum absolute atomic E-state index is 12.4. The molecule has 6 heteroatoms. The predicted octanol–water partition coefficient (Wildman–Crippen LogP) is 2.44. The highest BCUT2D eigenvalue weighted by Gasteiger charge is 2.30. The minimum Gasteiger partial charge on any atom is -0.496 e. The van der Waals surface area contributed by atoms with Gasteiger partial charge in [0.2, 0.25) is 5.91 Å². The third-order valence-electron chi connectivity index (χ3n) is 4.65. The number of ether oxygens (including phenoxy) is 1. The highest BCUT2D eigenvalue weighted by molar-refractivity contribution is 7.91. The van der Waals surface area contributed by atoms with Crippen molar-refractivity contribution in [2.75, 3.05) is 18.6 Å². The summed E-state index contributed by atoms with van der Waals surface area (Å²) in [6.45, 7) is 6.18. The molecule has 1 aromatic rings. The van der Waals surface area contributed by atoms with Gasteiger partial charge in [-0.05, 0) is 42.4 Å². The Labute approximate surface area is 144 Å². The SMILES string of the molecule is COc1ccc(C(CC(=O)NC2CCS(=O)(=O)C2)C(C)C)cc1C. The maximum atomic E-state index is 12.4. The number of carbonyl (C=O) groups excluding carboxylic acids is 1. The normalized spacial score (nSPS) is 20.8. The van der Waals surface area contributed by atoms with Gasteiger partial charge >= 0.3 is 0 Å². The average molecular weight is 353 g/mol. The van der Waals surface area contributed by atoms with E-state index >= 15 is 0 Å². The fraction of sp³-hybridized carbons (Fsp3) is 0.611. The minimum atomic E-state index is -2.98. The molecule has 1 aliphatic heterocycles. The van der Waals surface area contributed by atoms with Crippen LogP contribution < -0.4 is 10.1 Å². The Bertz CT molecular complexity index is 697. The third kappa shape index (κ3) is 4.72. The lowest BCUT2D eigenvalue weighted by atomic mass is 9.84. The Kier molecular flexibility index (Phi) is 5.91. The number of carbonyl (C=O) groups is 1. The zero-order valence-electron chi connectivity index (χ0n) is 14.8. The summed E-state index contributed by atoms with van der Waals surface area (Å²) in [6.07, 6.45) is 0.877. The van der Waals surface area contributed by atoms with Crippen LogP contribution in [0.4, 0.5) is 0 Å². The van der Waals surface area contributed by atoms with Crippen molar-refractivity contribution >= 4 is 15.7 Å². The first-order valence-electron chi connectivity index (χ1n) is 8.36. The van der Waals surface area contributed by atoms with Crippen LogP contribution in [0, 0.1) is 12.8 Å². The van der Waals surface area contributed by atoms with Crippen LogP contribution in [0.3, 0.4) is 0 Å². The number of amides is 1. The fourth-order valence-corrected chi connectivity index (χ4v) is 4.94. The molecule has 2 atom stereocenters. The van der Waals surface area contributed by atoms with E-state index in [9.17, 15) is 13.2 Å². The lowest BCUT2D eigenvalue weighted by molar-refractivity contribution is -0.122. The summed E-state index contributed by atoms with van der Waals surface area (Å²) in [5.74, 6) is 1.38. The van der Waals surface area contributed by atoms with Crippen molar-refractivity contribution in [3.05, 3.63) is 29.3 Å². The predicted molar refractivity (Wildman–Crippen MR) is 95.1 cm³/mol. The van der Waals surface area contributed by atoms with E-state index in [0.29, 0.717) is 18.8 Å². The van der Waals surface area contributed by atoms with Gasteiger partial charge in [0.15, 0.2) is 9.84 Å². The van der Waals surface area contributed by atoms with E-state index in [1.807, 2.05) is 19.1 Å². The van der Waals surface area contributed by atoms with E-state index in [-0.39, 0.29) is 29.4 Å². The molecule has 1 aliphatic rings. The Morgan fingerprint density at radius 2 is 2.08 bits per heavy atom. The molecule has 0 aliphatic carbocycles. The van der Waals surface area contributed by atoms with Gasteiger partial charge in [0.25, 0.3) is 0 Å². The van der Waals surface area contributed by atoms with Crippen LogP contribution in [0.25, 0.3) is 0 Å². The Balaban J connectivity index is 2.06. The van der Waals surface area contributed by atoms with Crippen LogP contribution in [0.15, 0.2) is 18.2 Å². The van der Waals surface area contributed by atoms with Crippen molar-refractivity contribution < 1.29 is 17.9 Å². The molecule has 1 heterocycles. The second kappa shape index (κ2) is 7.55. The first-order valence-corrected chi connectivity index (χ1v) is 10.2. The molecule has 1 aromatic carbocycles. The van der Waals surface area contributed by atoms with Gasteiger partial charge < -0.3 is 10.1 Å². The van der Waals surface area contributed by atoms with E-state index in [1.165, 1.54) is 0 Å². The van der Waals surface area contributed by atoms with Crippen molar-refractivity contribution in [2.45, 2.75) is 45.6 Å². The van der Waals surface area contributed by atoms with Crippen LogP contribution in [0.5, 0.6) is 5.75 Å². The molecule has 5 nitrogen and oxygen atoms in total. The summed E-state index contributed by atoms with van der Waals surface area (Å²) in [4.78, 5) is 12.4. The van der Waals surface area contributed by atoms with Crippen LogP contribution in [0.1, 0.15) is 43.7 Å². The van der Waals surface area contributed by atoms with Gasteiger partial charge in [0, 0.05) is 12.5 Å². The van der Waals surface area contributed by atoms with Crippen LogP contribution in [-0.2, 0) is 14.6 Å². The summed E-state index contributed by atoms with van der Waals surface area (Å²) < 4.78 is 28.3. The van der Waals surface area contributed by atoms with Gasteiger partial charge in [-0.1, -0.05) is 26.0 Å². The number of rotatable bonds is 6. The van der Waals surface area contributed by atoms with Crippen molar-refractivity contribution in [1.82, 2.24) is 5.32 Å². The fourth-order valence-electron chi connectivity index (χ4n) is 3.27. The topological polar surface area (TPSA) is 72.5 Å². The third-order valence-corrected chi connectivity index (χ3v) is 6.42. The second-order valence-corrected chi connectivity index (χ2v) is 9.18. The first-order chi connectivity index (χ1) is 11.2. The van der Waals surface area contributed by atoms with E-state index in [0.717, 1.165) is 16.9 Å². The van der Waals surface area contributed by atoms with Crippen LogP contribution in [-0.4, -0.2) is 39.0 Å². The standard InChI is InChI=1S/C18H27NO4S/c1-12(2)16(14-5-6-17(23-4)13(3)9-14)10-18(20)19-15-7-8-24(21,22)11-15/h5-6,9,12,15-16H,7-8,10-11H2,1-4H3,(H,19,20). The summed E-state index contributed by atoms with van der Waals surface area (Å²) in [7, 11) is -1.34. The quantitative estimate of drug-likeness (QED) is 0.852. The molecule has 24 heavy (non-hydrogen) atoms. The number of nitrogens with one attached hydrogen (secondary N) is 1. The molecule has 1 fully saturated rings. The molecule has 2 rings (SSSR count). The number of benzene rings is 1. The molecular weight excluding hydrogens is 326 g/mol. The van der Waals surface area contributed by atoms with Crippen LogP contribution in [0.2, 0.25) is 0 Å². The molecular formula is C18H27NO4S. The number of aryl methyl sites for hydroxylation is 1. The van der Waals surface area contributed by atoms with Gasteiger partial charge in [-0.25, -0.2) is 8.42 Å². The molecule has 0 radical (unpaired) electrons. The Morgan fingerprint density at radius 1 is 1.38 bits per heavy atom. The monoisotopic (exact) mass is 353 g/mol. The number of hydrogen-bond acceptors (Lipinski definition) is 4. The highest BCUT2D eigenvalue weighted by Crippen LogP contribution is 2.31. The van der Waals surface area contributed by atoms with Crippen molar-refractivity contribution in [1.29, 1.82) is 0 Å². The van der Waals surface area contributed by atoms with E-state index in [2.05, 4.69) is 25.2 Å². The molecule has 1 saturated heterocycles. The number of methoxy groups -OCH3 is 1. The van der Waals surface area contributed by atoms with E-state index in [1.54, 1.807) is 7.11 Å². The zero-order chi connectivity index (χ0) is 17.9. The smallest absolute Gasteiger partial charge is 0.220 e. The van der Waals surface area contributed by atoms with Gasteiger partial charge in [0.1, 0.15) is 5.75 Å². The highest BCUT2D eigenvalue weighted by atomic mass is 32.2. The Hall–Kier alpha value is -1.56. The van der Waals surface area contributed by atoms with Crippen LogP contribution >= 0.6 is 0 Å². The number of sulfone groups is 1. The minimum absolute atomic E-state index is 0.0622. The average Bonchev–Trinajstić information content (AvgIpc) is 2.83. The van der Waals surface area contributed by atoms with Crippen molar-refractivity contribution in [3.63, 3.8) is 0 Å². The van der Waals surface area contributed by atoms with Crippen molar-refractivity contribution in [3.8, 4) is 5.75 Å². The lowest BCUT2D eigenvalue weighted by Gasteiger charge is -2.23. The summed E-state index contributed by atoms with van der Waals surface area (Å²) in [5.41, 5.74) is 2.15. The second-order valence-electron chi connectivity index (χ2n) is 6.95. The molecule has 134 valence electrons. The molecule has 0 aromatic heterocycles. The van der Waals surface area contributed by atoms with Gasteiger partial charge in [-0.2, -0.15) is 0 Å². The summed E-state index contributed by atoms with van der Waals surface area (Å²) in [6, 6.07) is 5.76. The van der Waals surface area contributed by atoms with Gasteiger partial charge in [-0.3, -0.25) is 4.79 Å². The lowest BCUT2D eigenvalue weighted by Crippen LogP contribution is -2.36.